The van der Waals surface area contributed by atoms with Gasteiger partial charge >= 0.3 is 5.97 Å². The van der Waals surface area contributed by atoms with Gasteiger partial charge in [-0.1, -0.05) is 17.3 Å². The third-order valence-electron chi connectivity index (χ3n) is 3.06. The molecule has 2 rings (SSSR count). The molecule has 0 aliphatic heterocycles. The Bertz CT molecular complexity index is 666. The van der Waals surface area contributed by atoms with E-state index in [1.54, 1.807) is 18.7 Å². The molecule has 0 radical (unpaired) electrons. The normalized spacial score (nSPS) is 11.9. The van der Waals surface area contributed by atoms with Crippen molar-refractivity contribution in [1.29, 1.82) is 0 Å². The summed E-state index contributed by atoms with van der Waals surface area (Å²) in [6.07, 6.45) is 1.75. The van der Waals surface area contributed by atoms with E-state index in [2.05, 4.69) is 10.5 Å². The number of carbonyl (C=O) groups excluding carboxylic acids is 1. The van der Waals surface area contributed by atoms with E-state index in [0.717, 1.165) is 10.5 Å². The summed E-state index contributed by atoms with van der Waals surface area (Å²) in [6, 6.07) is 8.28. The Kier molecular flexibility index (Phi) is 5.21. The largest absolute Gasteiger partial charge is 0.481 e. The zero-order valence-corrected chi connectivity index (χ0v) is 13.0. The number of carboxylic acid groups (broad SMARTS) is 1. The van der Waals surface area contributed by atoms with Crippen LogP contribution >= 0.6 is 11.8 Å². The Hall–Kier alpha value is -2.28. The second-order valence-corrected chi connectivity index (χ2v) is 5.60. The van der Waals surface area contributed by atoms with Crippen LogP contribution in [-0.4, -0.2) is 28.4 Å². The van der Waals surface area contributed by atoms with Gasteiger partial charge in [-0.2, -0.15) is 0 Å². The molecule has 7 heteroatoms. The summed E-state index contributed by atoms with van der Waals surface area (Å²) in [5, 5.41) is 15.4. The number of hydrogen-bond donors (Lipinski definition) is 2. The van der Waals surface area contributed by atoms with Crippen molar-refractivity contribution < 1.29 is 19.2 Å². The fraction of sp³-hybridized carbons (Fsp3) is 0.267. The maximum absolute atomic E-state index is 12.1. The molecule has 1 amide bonds. The lowest BCUT2D eigenvalue weighted by Crippen LogP contribution is -2.30. The minimum atomic E-state index is -0.990. The number of nitrogens with one attached hydrogen (secondary N) is 1. The number of amides is 1. The van der Waals surface area contributed by atoms with Crippen molar-refractivity contribution in [1.82, 2.24) is 10.5 Å². The molecule has 6 nitrogen and oxygen atoms in total. The molecule has 0 aliphatic carbocycles. The van der Waals surface area contributed by atoms with E-state index in [1.165, 1.54) is 6.07 Å². The number of benzene rings is 1. The first-order chi connectivity index (χ1) is 10.5. The Morgan fingerprint density at radius 1 is 1.36 bits per heavy atom. The predicted octanol–water partition coefficient (Wildman–Crippen LogP) is 2.65. The second kappa shape index (κ2) is 7.13. The Morgan fingerprint density at radius 2 is 2.05 bits per heavy atom. The van der Waals surface area contributed by atoms with Crippen LogP contribution in [0.15, 0.2) is 39.8 Å². The molecule has 0 spiro atoms. The first-order valence-corrected chi connectivity index (χ1v) is 7.82. The third kappa shape index (κ3) is 4.11. The lowest BCUT2D eigenvalue weighted by atomic mass is 10.0. The zero-order chi connectivity index (χ0) is 16.1. The second-order valence-electron chi connectivity index (χ2n) is 4.72. The van der Waals surface area contributed by atoms with Gasteiger partial charge in [-0.25, -0.2) is 0 Å². The maximum Gasteiger partial charge on any atom is 0.305 e. The van der Waals surface area contributed by atoms with Crippen molar-refractivity contribution >= 4 is 23.6 Å². The smallest absolute Gasteiger partial charge is 0.305 e. The van der Waals surface area contributed by atoms with Gasteiger partial charge in [0.1, 0.15) is 5.76 Å². The van der Waals surface area contributed by atoms with E-state index >= 15 is 0 Å². The molecule has 2 aromatic rings. The number of rotatable bonds is 6. The van der Waals surface area contributed by atoms with E-state index in [9.17, 15) is 9.59 Å². The minimum absolute atomic E-state index is 0.133. The van der Waals surface area contributed by atoms with Crippen LogP contribution in [0.1, 0.15) is 34.3 Å². The van der Waals surface area contributed by atoms with Crippen LogP contribution in [0.25, 0.3) is 0 Å². The summed E-state index contributed by atoms with van der Waals surface area (Å²) in [7, 11) is 0. The molecular weight excluding hydrogens is 304 g/mol. The van der Waals surface area contributed by atoms with E-state index in [4.69, 9.17) is 9.63 Å². The quantitative estimate of drug-likeness (QED) is 0.795. The lowest BCUT2D eigenvalue weighted by molar-refractivity contribution is -0.137. The van der Waals surface area contributed by atoms with Gasteiger partial charge in [0.2, 0.25) is 0 Å². The number of aromatic nitrogens is 1. The number of carbonyl (C=O) groups is 2. The number of aryl methyl sites for hydroxylation is 1. The highest BCUT2D eigenvalue weighted by molar-refractivity contribution is 7.98. The maximum atomic E-state index is 12.1. The monoisotopic (exact) mass is 320 g/mol. The van der Waals surface area contributed by atoms with Crippen LogP contribution in [0.4, 0.5) is 0 Å². The van der Waals surface area contributed by atoms with E-state index in [-0.39, 0.29) is 12.1 Å². The van der Waals surface area contributed by atoms with Gasteiger partial charge < -0.3 is 14.9 Å². The SMILES string of the molecule is CSc1ccc([C@H](CC(=O)O)NC(=O)c2cc(C)on2)cc1. The first-order valence-electron chi connectivity index (χ1n) is 6.59. The van der Waals surface area contributed by atoms with Gasteiger partial charge in [0.25, 0.3) is 5.91 Å². The topological polar surface area (TPSA) is 92.4 Å². The summed E-state index contributed by atoms with van der Waals surface area (Å²) >= 11 is 1.59. The lowest BCUT2D eigenvalue weighted by Gasteiger charge is -2.17. The van der Waals surface area contributed by atoms with Crippen LogP contribution in [0.2, 0.25) is 0 Å². The van der Waals surface area contributed by atoms with Crippen molar-refractivity contribution in [2.75, 3.05) is 6.26 Å². The van der Waals surface area contributed by atoms with Crippen LogP contribution in [0.5, 0.6) is 0 Å². The highest BCUT2D eigenvalue weighted by atomic mass is 32.2. The van der Waals surface area contributed by atoms with Crippen LogP contribution in [0.3, 0.4) is 0 Å². The molecule has 1 heterocycles. The Labute approximate surface area is 131 Å². The molecule has 22 heavy (non-hydrogen) atoms. The third-order valence-corrected chi connectivity index (χ3v) is 3.81. The molecule has 116 valence electrons. The molecule has 0 unspecified atom stereocenters. The number of nitrogens with zero attached hydrogens (tertiary/aromatic N) is 1. The summed E-state index contributed by atoms with van der Waals surface area (Å²) in [4.78, 5) is 24.2. The minimum Gasteiger partial charge on any atom is -0.481 e. The van der Waals surface area contributed by atoms with Crippen LogP contribution in [0, 0.1) is 6.92 Å². The standard InChI is InChI=1S/C15H16N2O4S/c1-9-7-13(17-21-9)15(20)16-12(8-14(18)19)10-3-5-11(22-2)6-4-10/h3-7,12H,8H2,1-2H3,(H,16,20)(H,18,19)/t12-/m0/s1. The number of thioether (sulfide) groups is 1. The van der Waals surface area contributed by atoms with E-state index < -0.39 is 17.9 Å². The fourth-order valence-electron chi connectivity index (χ4n) is 1.97. The van der Waals surface area contributed by atoms with Crippen molar-refractivity contribution in [3.8, 4) is 0 Å². The summed E-state index contributed by atoms with van der Waals surface area (Å²) < 4.78 is 4.85. The van der Waals surface area contributed by atoms with Crippen LogP contribution in [-0.2, 0) is 4.79 Å². The highest BCUT2D eigenvalue weighted by Gasteiger charge is 2.20. The average molecular weight is 320 g/mol. The van der Waals surface area contributed by atoms with Crippen molar-refractivity contribution in [2.45, 2.75) is 24.3 Å². The van der Waals surface area contributed by atoms with Crippen molar-refractivity contribution in [3.63, 3.8) is 0 Å². The molecule has 2 N–H and O–H groups in total. The van der Waals surface area contributed by atoms with Gasteiger partial charge in [0.15, 0.2) is 5.69 Å². The summed E-state index contributed by atoms with van der Waals surface area (Å²) in [6.45, 7) is 1.68. The van der Waals surface area contributed by atoms with Crippen molar-refractivity contribution in [3.05, 3.63) is 47.3 Å². The number of carboxylic acids is 1. The molecule has 0 fully saturated rings. The molecule has 0 saturated carbocycles. The highest BCUT2D eigenvalue weighted by Crippen LogP contribution is 2.21. The molecule has 1 atom stereocenters. The zero-order valence-electron chi connectivity index (χ0n) is 12.2. The summed E-state index contributed by atoms with van der Waals surface area (Å²) in [5.74, 6) is -0.933. The first kappa shape index (κ1) is 16.1. The van der Waals surface area contributed by atoms with Gasteiger partial charge in [0, 0.05) is 11.0 Å². The van der Waals surface area contributed by atoms with Crippen LogP contribution < -0.4 is 5.32 Å². The molecule has 1 aromatic heterocycles. The molecule has 0 aliphatic rings. The average Bonchev–Trinajstić information content (AvgIpc) is 2.93. The Balaban J connectivity index is 2.18. The van der Waals surface area contributed by atoms with Gasteiger partial charge in [-0.3, -0.25) is 9.59 Å². The van der Waals surface area contributed by atoms with Crippen molar-refractivity contribution in [2.24, 2.45) is 0 Å². The number of aliphatic carboxylic acids is 1. The van der Waals surface area contributed by atoms with Gasteiger partial charge in [-0.05, 0) is 30.9 Å². The van der Waals surface area contributed by atoms with Gasteiger partial charge in [-0.15, -0.1) is 11.8 Å². The fourth-order valence-corrected chi connectivity index (χ4v) is 2.38. The predicted molar refractivity (Wildman–Crippen MR) is 81.9 cm³/mol. The molecular formula is C15H16N2O4S. The number of hydrogen-bond acceptors (Lipinski definition) is 5. The Morgan fingerprint density at radius 3 is 2.55 bits per heavy atom. The molecule has 1 aromatic carbocycles. The summed E-state index contributed by atoms with van der Waals surface area (Å²) in [5.41, 5.74) is 0.863. The van der Waals surface area contributed by atoms with E-state index in [1.807, 2.05) is 30.5 Å². The molecule has 0 saturated heterocycles. The van der Waals surface area contributed by atoms with Gasteiger partial charge in [0.05, 0.1) is 12.5 Å². The van der Waals surface area contributed by atoms with E-state index in [0.29, 0.717) is 5.76 Å². The molecule has 0 bridgehead atoms.